The largest absolute Gasteiger partial charge is 0.335 e. The minimum atomic E-state index is 0.0795. The Hall–Kier alpha value is -1.34. The molecule has 0 aliphatic carbocycles. The Bertz CT molecular complexity index is 478. The molecule has 0 aromatic heterocycles. The van der Waals surface area contributed by atoms with Crippen molar-refractivity contribution >= 4 is 21.8 Å². The maximum absolute atomic E-state index is 12.5. The molecular formula is C15H17BrN2O. The predicted molar refractivity (Wildman–Crippen MR) is 78.2 cm³/mol. The summed E-state index contributed by atoms with van der Waals surface area (Å²) in [5.41, 5.74) is 1.26. The molecule has 1 saturated heterocycles. The zero-order valence-electron chi connectivity index (χ0n) is 10.8. The zero-order valence-corrected chi connectivity index (χ0v) is 12.4. The van der Waals surface area contributed by atoms with Crippen molar-refractivity contribution in [3.05, 3.63) is 35.4 Å². The molecular weight excluding hydrogens is 304 g/mol. The lowest BCUT2D eigenvalue weighted by atomic mass is 10.1. The molecule has 1 aliphatic heterocycles. The molecule has 1 atom stereocenters. The molecule has 1 aromatic rings. The van der Waals surface area contributed by atoms with Gasteiger partial charge >= 0.3 is 0 Å². The van der Waals surface area contributed by atoms with Gasteiger partial charge < -0.3 is 4.90 Å². The van der Waals surface area contributed by atoms with E-state index in [2.05, 4.69) is 22.0 Å². The summed E-state index contributed by atoms with van der Waals surface area (Å²) >= 11 is 3.51. The van der Waals surface area contributed by atoms with Gasteiger partial charge in [-0.15, -0.1) is 0 Å². The number of amides is 1. The van der Waals surface area contributed by atoms with Crippen LogP contribution in [0.3, 0.4) is 0 Å². The molecule has 0 N–H and O–H groups in total. The number of likely N-dealkylation sites (tertiary alicyclic amines) is 1. The van der Waals surface area contributed by atoms with Crippen LogP contribution in [0.4, 0.5) is 0 Å². The number of nitriles is 1. The van der Waals surface area contributed by atoms with Gasteiger partial charge in [0.15, 0.2) is 0 Å². The third-order valence-corrected chi connectivity index (χ3v) is 4.32. The molecule has 0 spiro atoms. The van der Waals surface area contributed by atoms with Crippen LogP contribution in [-0.2, 0) is 0 Å². The Kier molecular flexibility index (Phi) is 4.98. The molecule has 1 unspecified atom stereocenters. The van der Waals surface area contributed by atoms with E-state index < -0.39 is 0 Å². The topological polar surface area (TPSA) is 44.1 Å². The summed E-state index contributed by atoms with van der Waals surface area (Å²) in [7, 11) is 0. The number of carbonyl (C=O) groups excluding carboxylic acids is 1. The average molecular weight is 321 g/mol. The normalized spacial score (nSPS) is 19.6. The molecule has 19 heavy (non-hydrogen) atoms. The van der Waals surface area contributed by atoms with Crippen molar-refractivity contribution in [2.75, 3.05) is 11.9 Å². The first-order valence-electron chi connectivity index (χ1n) is 6.63. The average Bonchev–Trinajstić information content (AvgIpc) is 2.71. The van der Waals surface area contributed by atoms with Crippen LogP contribution in [0, 0.1) is 11.3 Å². The highest BCUT2D eigenvalue weighted by atomic mass is 79.9. The first kappa shape index (κ1) is 14.1. The van der Waals surface area contributed by atoms with E-state index in [-0.39, 0.29) is 11.9 Å². The SMILES string of the molecule is N#Cc1ccc(C(=O)N2CCCCCC2CBr)cc1. The second-order valence-corrected chi connectivity index (χ2v) is 5.49. The highest BCUT2D eigenvalue weighted by Gasteiger charge is 2.25. The molecule has 2 rings (SSSR count). The van der Waals surface area contributed by atoms with Crippen LogP contribution < -0.4 is 0 Å². The second kappa shape index (κ2) is 6.72. The fourth-order valence-electron chi connectivity index (χ4n) is 2.46. The third kappa shape index (κ3) is 3.36. The molecule has 1 fully saturated rings. The number of alkyl halides is 1. The molecule has 1 amide bonds. The van der Waals surface area contributed by atoms with E-state index >= 15 is 0 Å². The standard InChI is InChI=1S/C15H17BrN2O/c16-10-14-4-2-1-3-9-18(14)15(19)13-7-5-12(11-17)6-8-13/h5-8,14H,1-4,9-10H2. The summed E-state index contributed by atoms with van der Waals surface area (Å²) in [4.78, 5) is 14.5. The van der Waals surface area contributed by atoms with Crippen molar-refractivity contribution in [2.45, 2.75) is 31.7 Å². The van der Waals surface area contributed by atoms with Gasteiger partial charge in [0.1, 0.15) is 0 Å². The molecule has 0 bridgehead atoms. The van der Waals surface area contributed by atoms with Crippen LogP contribution in [0.2, 0.25) is 0 Å². The fraction of sp³-hybridized carbons (Fsp3) is 0.467. The van der Waals surface area contributed by atoms with Gasteiger partial charge in [-0.2, -0.15) is 5.26 Å². The van der Waals surface area contributed by atoms with Crippen molar-refractivity contribution < 1.29 is 4.79 Å². The van der Waals surface area contributed by atoms with Gasteiger partial charge in [-0.3, -0.25) is 4.79 Å². The van der Waals surface area contributed by atoms with E-state index in [9.17, 15) is 4.79 Å². The summed E-state index contributed by atoms with van der Waals surface area (Å²) in [6.45, 7) is 0.828. The van der Waals surface area contributed by atoms with E-state index in [1.807, 2.05) is 4.90 Å². The fourth-order valence-corrected chi connectivity index (χ4v) is 3.13. The van der Waals surface area contributed by atoms with Gasteiger partial charge in [-0.05, 0) is 37.1 Å². The zero-order chi connectivity index (χ0) is 13.7. The Labute approximate surface area is 122 Å². The molecule has 1 aliphatic rings. The molecule has 0 saturated carbocycles. The van der Waals surface area contributed by atoms with Crippen LogP contribution in [0.5, 0.6) is 0 Å². The number of carbonyl (C=O) groups is 1. The van der Waals surface area contributed by atoms with E-state index in [1.54, 1.807) is 24.3 Å². The lowest BCUT2D eigenvalue weighted by Crippen LogP contribution is -2.41. The Morgan fingerprint density at radius 3 is 2.68 bits per heavy atom. The maximum Gasteiger partial charge on any atom is 0.254 e. The molecule has 0 radical (unpaired) electrons. The molecule has 4 heteroatoms. The monoisotopic (exact) mass is 320 g/mol. The van der Waals surface area contributed by atoms with Crippen LogP contribution >= 0.6 is 15.9 Å². The smallest absolute Gasteiger partial charge is 0.254 e. The van der Waals surface area contributed by atoms with Crippen LogP contribution in [0.25, 0.3) is 0 Å². The second-order valence-electron chi connectivity index (χ2n) is 4.85. The van der Waals surface area contributed by atoms with Crippen LogP contribution in [0.15, 0.2) is 24.3 Å². The minimum Gasteiger partial charge on any atom is -0.335 e. The van der Waals surface area contributed by atoms with Crippen molar-refractivity contribution in [3.8, 4) is 6.07 Å². The van der Waals surface area contributed by atoms with E-state index in [0.29, 0.717) is 11.1 Å². The number of benzene rings is 1. The Morgan fingerprint density at radius 1 is 1.32 bits per heavy atom. The van der Waals surface area contributed by atoms with Gasteiger partial charge in [0.25, 0.3) is 5.91 Å². The van der Waals surface area contributed by atoms with Gasteiger partial charge in [0, 0.05) is 23.5 Å². The van der Waals surface area contributed by atoms with Gasteiger partial charge in [-0.25, -0.2) is 0 Å². The quantitative estimate of drug-likeness (QED) is 0.784. The third-order valence-electron chi connectivity index (χ3n) is 3.58. The van der Waals surface area contributed by atoms with E-state index in [0.717, 1.165) is 24.7 Å². The van der Waals surface area contributed by atoms with Gasteiger partial charge in [-0.1, -0.05) is 28.8 Å². The first-order valence-corrected chi connectivity index (χ1v) is 7.75. The van der Waals surface area contributed by atoms with Crippen molar-refractivity contribution in [1.82, 2.24) is 4.90 Å². The minimum absolute atomic E-state index is 0.0795. The number of rotatable bonds is 2. The molecule has 3 nitrogen and oxygen atoms in total. The molecule has 1 aromatic carbocycles. The lowest BCUT2D eigenvalue weighted by Gasteiger charge is -2.28. The summed E-state index contributed by atoms with van der Waals surface area (Å²) in [5.74, 6) is 0.0795. The summed E-state index contributed by atoms with van der Waals surface area (Å²) in [6.07, 6.45) is 4.52. The highest BCUT2D eigenvalue weighted by Crippen LogP contribution is 2.21. The number of hydrogen-bond donors (Lipinski definition) is 0. The van der Waals surface area contributed by atoms with Crippen molar-refractivity contribution in [1.29, 1.82) is 5.26 Å². The summed E-state index contributed by atoms with van der Waals surface area (Å²) < 4.78 is 0. The van der Waals surface area contributed by atoms with E-state index in [4.69, 9.17) is 5.26 Å². The van der Waals surface area contributed by atoms with Gasteiger partial charge in [0.2, 0.25) is 0 Å². The first-order chi connectivity index (χ1) is 9.26. The summed E-state index contributed by atoms with van der Waals surface area (Å²) in [6, 6.07) is 9.25. The Balaban J connectivity index is 2.18. The van der Waals surface area contributed by atoms with Crippen LogP contribution in [-0.4, -0.2) is 28.7 Å². The molecule has 100 valence electrons. The number of halogens is 1. The summed E-state index contributed by atoms with van der Waals surface area (Å²) in [5, 5.41) is 9.61. The van der Waals surface area contributed by atoms with Crippen molar-refractivity contribution in [2.24, 2.45) is 0 Å². The lowest BCUT2D eigenvalue weighted by molar-refractivity contribution is 0.0702. The number of hydrogen-bond acceptors (Lipinski definition) is 2. The predicted octanol–water partition coefficient (Wildman–Crippen LogP) is 3.34. The van der Waals surface area contributed by atoms with E-state index in [1.165, 1.54) is 12.8 Å². The number of nitrogens with zero attached hydrogens (tertiary/aromatic N) is 2. The maximum atomic E-state index is 12.5. The Morgan fingerprint density at radius 2 is 2.05 bits per heavy atom. The van der Waals surface area contributed by atoms with Crippen molar-refractivity contribution in [3.63, 3.8) is 0 Å². The van der Waals surface area contributed by atoms with Gasteiger partial charge in [0.05, 0.1) is 11.6 Å². The van der Waals surface area contributed by atoms with Crippen LogP contribution in [0.1, 0.15) is 41.6 Å². The highest BCUT2D eigenvalue weighted by molar-refractivity contribution is 9.09. The molecule has 1 heterocycles.